The molecule has 10 heteroatoms. The Morgan fingerprint density at radius 1 is 1.15 bits per heavy atom. The van der Waals surface area contributed by atoms with Gasteiger partial charge < -0.3 is 20.3 Å². The summed E-state index contributed by atoms with van der Waals surface area (Å²) in [6, 6.07) is 13.6. The van der Waals surface area contributed by atoms with Crippen molar-refractivity contribution in [1.82, 2.24) is 19.9 Å². The molecule has 0 bridgehead atoms. The molecular weight excluding hydrogens is 468 g/mol. The first-order valence-electron chi connectivity index (χ1n) is 9.83. The van der Waals surface area contributed by atoms with Crippen LogP contribution in [-0.4, -0.2) is 32.2 Å². The van der Waals surface area contributed by atoms with Gasteiger partial charge in [-0.25, -0.2) is 9.37 Å². The minimum atomic E-state index is -0.602. The third-order valence-electron chi connectivity index (χ3n) is 4.78. The average Bonchev–Trinajstić information content (AvgIpc) is 3.30. The number of carbonyl (C=O) groups excluding carboxylic acids is 1. The summed E-state index contributed by atoms with van der Waals surface area (Å²) in [7, 11) is 0. The quantitative estimate of drug-likeness (QED) is 0.345. The van der Waals surface area contributed by atoms with Gasteiger partial charge in [-0.3, -0.25) is 4.79 Å². The van der Waals surface area contributed by atoms with E-state index >= 15 is 0 Å². The molecule has 2 aromatic carbocycles. The molecular formula is C23H18Cl2FN5O2. The number of aliphatic hydroxyl groups excluding tert-OH is 1. The Bertz CT molecular complexity index is 1300. The van der Waals surface area contributed by atoms with E-state index < -0.39 is 11.9 Å². The number of carbonyl (C=O) groups is 1. The van der Waals surface area contributed by atoms with Crippen LogP contribution in [-0.2, 0) is 0 Å². The Balaban J connectivity index is 1.49. The molecule has 1 amide bonds. The van der Waals surface area contributed by atoms with E-state index in [0.717, 1.165) is 0 Å². The van der Waals surface area contributed by atoms with Crippen molar-refractivity contribution in [3.05, 3.63) is 100 Å². The first kappa shape index (κ1) is 22.7. The third kappa shape index (κ3) is 5.48. The van der Waals surface area contributed by atoms with Gasteiger partial charge in [-0.05, 0) is 48.0 Å². The Morgan fingerprint density at radius 2 is 2.00 bits per heavy atom. The zero-order valence-corrected chi connectivity index (χ0v) is 18.6. The van der Waals surface area contributed by atoms with Gasteiger partial charge >= 0.3 is 0 Å². The minimum Gasteiger partial charge on any atom is -0.394 e. The van der Waals surface area contributed by atoms with Gasteiger partial charge in [0.05, 0.1) is 28.9 Å². The van der Waals surface area contributed by atoms with Crippen molar-refractivity contribution in [1.29, 1.82) is 0 Å². The lowest BCUT2D eigenvalue weighted by Crippen LogP contribution is -2.30. The highest BCUT2D eigenvalue weighted by Gasteiger charge is 2.17. The number of anilines is 2. The van der Waals surface area contributed by atoms with Crippen molar-refractivity contribution in [3.8, 4) is 5.82 Å². The topological polar surface area (TPSA) is 92.1 Å². The molecule has 0 spiro atoms. The number of hydrogen-bond donors (Lipinski definition) is 3. The maximum absolute atomic E-state index is 13.3. The van der Waals surface area contributed by atoms with Gasteiger partial charge in [0.1, 0.15) is 11.6 Å². The van der Waals surface area contributed by atoms with Crippen LogP contribution in [0.4, 0.5) is 16.0 Å². The largest absolute Gasteiger partial charge is 0.394 e. The van der Waals surface area contributed by atoms with Crippen molar-refractivity contribution in [3.63, 3.8) is 0 Å². The normalized spacial score (nSPS) is 11.8. The van der Waals surface area contributed by atoms with E-state index in [-0.39, 0.29) is 23.5 Å². The molecule has 2 aromatic heterocycles. The van der Waals surface area contributed by atoms with Crippen molar-refractivity contribution in [2.75, 3.05) is 11.9 Å². The monoisotopic (exact) mass is 485 g/mol. The Hall–Kier alpha value is -3.46. The number of hydrogen-bond acceptors (Lipinski definition) is 5. The molecule has 1 unspecified atom stereocenters. The molecule has 33 heavy (non-hydrogen) atoms. The Kier molecular flexibility index (Phi) is 6.88. The lowest BCUT2D eigenvalue weighted by molar-refractivity contribution is 0.0916. The fourth-order valence-electron chi connectivity index (χ4n) is 3.14. The van der Waals surface area contributed by atoms with E-state index in [1.165, 1.54) is 18.2 Å². The number of rotatable bonds is 7. The molecule has 2 heterocycles. The van der Waals surface area contributed by atoms with Gasteiger partial charge in [-0.15, -0.1) is 0 Å². The first-order chi connectivity index (χ1) is 15.9. The summed E-state index contributed by atoms with van der Waals surface area (Å²) in [5.41, 5.74) is 1.53. The van der Waals surface area contributed by atoms with Crippen molar-refractivity contribution in [2.24, 2.45) is 0 Å². The molecule has 0 saturated heterocycles. The average molecular weight is 486 g/mol. The number of halogens is 3. The van der Waals surface area contributed by atoms with E-state index in [1.54, 1.807) is 59.6 Å². The fourth-order valence-corrected chi connectivity index (χ4v) is 3.55. The van der Waals surface area contributed by atoms with Gasteiger partial charge in [0.25, 0.3) is 5.91 Å². The Labute approximate surface area is 198 Å². The van der Waals surface area contributed by atoms with E-state index in [4.69, 9.17) is 23.2 Å². The SMILES string of the molecule is O=C(NC(CO)c1cccc(Cl)c1)c1ccn(-c2ccnc(Nc3ccc(F)cc3Cl)n2)c1. The summed E-state index contributed by atoms with van der Waals surface area (Å²) in [5, 5.41) is 16.2. The molecule has 4 aromatic rings. The number of benzene rings is 2. The predicted octanol–water partition coefficient (Wildman–Crippen LogP) is 4.92. The standard InChI is InChI=1S/C23H18Cl2FN5O2/c24-16-3-1-2-14(10-16)20(13-32)28-22(33)15-7-9-31(12-15)21-6-8-27-23(30-21)29-19-5-4-17(26)11-18(19)25/h1-12,20,32H,13H2,(H,28,33)(H,27,29,30). The zero-order valence-electron chi connectivity index (χ0n) is 17.0. The van der Waals surface area contributed by atoms with Crippen molar-refractivity contribution in [2.45, 2.75) is 6.04 Å². The summed E-state index contributed by atoms with van der Waals surface area (Å²) in [4.78, 5) is 21.3. The molecule has 0 fully saturated rings. The fraction of sp³-hybridized carbons (Fsp3) is 0.0870. The predicted molar refractivity (Wildman–Crippen MR) is 125 cm³/mol. The van der Waals surface area contributed by atoms with Crippen LogP contribution >= 0.6 is 23.2 Å². The number of amides is 1. The van der Waals surface area contributed by atoms with Gasteiger partial charge in [0, 0.05) is 23.6 Å². The minimum absolute atomic E-state index is 0.196. The summed E-state index contributed by atoms with van der Waals surface area (Å²) in [6.45, 7) is -0.278. The highest BCUT2D eigenvalue weighted by molar-refractivity contribution is 6.33. The highest BCUT2D eigenvalue weighted by Crippen LogP contribution is 2.25. The number of nitrogens with zero attached hydrogens (tertiary/aromatic N) is 3. The van der Waals surface area contributed by atoms with E-state index in [9.17, 15) is 14.3 Å². The van der Waals surface area contributed by atoms with Crippen LogP contribution < -0.4 is 10.6 Å². The molecule has 1 atom stereocenters. The summed E-state index contributed by atoms with van der Waals surface area (Å²) in [6.07, 6.45) is 4.83. The van der Waals surface area contributed by atoms with Crippen LogP contribution in [0.1, 0.15) is 22.0 Å². The van der Waals surface area contributed by atoms with Gasteiger partial charge in [0.15, 0.2) is 0 Å². The van der Waals surface area contributed by atoms with Crippen LogP contribution in [0.5, 0.6) is 0 Å². The highest BCUT2D eigenvalue weighted by atomic mass is 35.5. The molecule has 0 saturated carbocycles. The number of aliphatic hydroxyl groups is 1. The second-order valence-corrected chi connectivity index (χ2v) is 7.90. The van der Waals surface area contributed by atoms with Gasteiger partial charge in [-0.2, -0.15) is 4.98 Å². The smallest absolute Gasteiger partial charge is 0.253 e. The van der Waals surface area contributed by atoms with Crippen LogP contribution in [0, 0.1) is 5.82 Å². The van der Waals surface area contributed by atoms with Crippen LogP contribution in [0.25, 0.3) is 5.82 Å². The van der Waals surface area contributed by atoms with Gasteiger partial charge in [0.2, 0.25) is 5.95 Å². The molecule has 168 valence electrons. The lowest BCUT2D eigenvalue weighted by Gasteiger charge is -2.16. The molecule has 0 aliphatic carbocycles. The number of aromatic nitrogens is 3. The van der Waals surface area contributed by atoms with Crippen LogP contribution in [0.3, 0.4) is 0 Å². The Morgan fingerprint density at radius 3 is 2.76 bits per heavy atom. The molecule has 0 aliphatic rings. The maximum Gasteiger partial charge on any atom is 0.253 e. The molecule has 3 N–H and O–H groups in total. The third-order valence-corrected chi connectivity index (χ3v) is 5.32. The van der Waals surface area contributed by atoms with E-state index in [2.05, 4.69) is 20.6 Å². The maximum atomic E-state index is 13.3. The van der Waals surface area contributed by atoms with Crippen molar-refractivity contribution >= 4 is 40.7 Å². The van der Waals surface area contributed by atoms with Crippen molar-refractivity contribution < 1.29 is 14.3 Å². The first-order valence-corrected chi connectivity index (χ1v) is 10.6. The lowest BCUT2D eigenvalue weighted by atomic mass is 10.1. The van der Waals surface area contributed by atoms with Crippen LogP contribution in [0.2, 0.25) is 10.0 Å². The van der Waals surface area contributed by atoms with Gasteiger partial charge in [-0.1, -0.05) is 35.3 Å². The second kappa shape index (κ2) is 9.99. The zero-order chi connectivity index (χ0) is 23.4. The summed E-state index contributed by atoms with van der Waals surface area (Å²) in [5.74, 6) is -0.0595. The summed E-state index contributed by atoms with van der Waals surface area (Å²) < 4.78 is 14.9. The molecule has 7 nitrogen and oxygen atoms in total. The van der Waals surface area contributed by atoms with Crippen LogP contribution in [0.15, 0.2) is 73.2 Å². The summed E-state index contributed by atoms with van der Waals surface area (Å²) >= 11 is 12.1. The van der Waals surface area contributed by atoms with E-state index in [1.807, 2.05) is 0 Å². The molecule has 4 rings (SSSR count). The molecule has 0 aliphatic heterocycles. The second-order valence-electron chi connectivity index (χ2n) is 7.06. The molecule has 0 radical (unpaired) electrons. The number of nitrogens with one attached hydrogen (secondary N) is 2. The van der Waals surface area contributed by atoms with E-state index in [0.29, 0.717) is 27.7 Å².